The third-order valence-electron chi connectivity index (χ3n) is 3.88. The van der Waals surface area contributed by atoms with Gasteiger partial charge in [0.05, 0.1) is 0 Å². The van der Waals surface area contributed by atoms with E-state index in [1.54, 1.807) is 24.3 Å². The number of hydrogen-bond acceptors (Lipinski definition) is 2. The standard InChI is InChI=1S/C22H28N2O2/c1-21(2,3)17-12-10-15(11-13-17)19(25)23-18-9-7-8-16(14-18)20(26)24-22(4,5)6/h7-14H,1-6H3,(H,23,25)(H,24,26). The molecule has 2 aromatic rings. The van der Waals surface area contributed by atoms with Crippen LogP contribution < -0.4 is 10.6 Å². The van der Waals surface area contributed by atoms with E-state index in [2.05, 4.69) is 31.4 Å². The van der Waals surface area contributed by atoms with Gasteiger partial charge in [0.2, 0.25) is 0 Å². The first-order chi connectivity index (χ1) is 12.0. The highest BCUT2D eigenvalue weighted by Crippen LogP contribution is 2.22. The van der Waals surface area contributed by atoms with E-state index in [-0.39, 0.29) is 22.8 Å². The zero-order chi connectivity index (χ0) is 19.5. The Balaban J connectivity index is 2.12. The number of amides is 2. The lowest BCUT2D eigenvalue weighted by Gasteiger charge is -2.20. The van der Waals surface area contributed by atoms with Gasteiger partial charge in [0.25, 0.3) is 11.8 Å². The Kier molecular flexibility index (Phi) is 5.55. The quantitative estimate of drug-likeness (QED) is 0.836. The van der Waals surface area contributed by atoms with Crippen LogP contribution in [0.4, 0.5) is 5.69 Å². The van der Waals surface area contributed by atoms with Gasteiger partial charge in [-0.15, -0.1) is 0 Å². The van der Waals surface area contributed by atoms with Crippen molar-refractivity contribution >= 4 is 17.5 Å². The summed E-state index contributed by atoms with van der Waals surface area (Å²) in [4.78, 5) is 24.7. The Morgan fingerprint density at radius 1 is 0.769 bits per heavy atom. The maximum Gasteiger partial charge on any atom is 0.255 e. The monoisotopic (exact) mass is 352 g/mol. The molecule has 4 nitrogen and oxygen atoms in total. The topological polar surface area (TPSA) is 58.2 Å². The van der Waals surface area contributed by atoms with Crippen molar-refractivity contribution in [1.29, 1.82) is 0 Å². The Morgan fingerprint density at radius 3 is 1.92 bits per heavy atom. The lowest BCUT2D eigenvalue weighted by Crippen LogP contribution is -2.40. The molecule has 0 aliphatic rings. The van der Waals surface area contributed by atoms with E-state index >= 15 is 0 Å². The van der Waals surface area contributed by atoms with Gasteiger partial charge >= 0.3 is 0 Å². The van der Waals surface area contributed by atoms with Crippen LogP contribution in [-0.2, 0) is 5.41 Å². The molecule has 2 N–H and O–H groups in total. The van der Waals surface area contributed by atoms with Crippen molar-refractivity contribution in [2.75, 3.05) is 5.32 Å². The number of benzene rings is 2. The second-order valence-corrected chi connectivity index (χ2v) is 8.57. The fourth-order valence-electron chi connectivity index (χ4n) is 2.48. The molecular weight excluding hydrogens is 324 g/mol. The zero-order valence-electron chi connectivity index (χ0n) is 16.4. The molecule has 0 heterocycles. The van der Waals surface area contributed by atoms with Crippen LogP contribution in [0, 0.1) is 0 Å². The third-order valence-corrected chi connectivity index (χ3v) is 3.88. The predicted octanol–water partition coefficient (Wildman–Crippen LogP) is 4.76. The highest BCUT2D eigenvalue weighted by molar-refractivity contribution is 6.05. The highest BCUT2D eigenvalue weighted by Gasteiger charge is 2.17. The Hall–Kier alpha value is -2.62. The third kappa shape index (κ3) is 5.45. The minimum absolute atomic E-state index is 0.0454. The summed E-state index contributed by atoms with van der Waals surface area (Å²) in [5.74, 6) is -0.359. The van der Waals surface area contributed by atoms with E-state index in [1.807, 2.05) is 45.0 Å². The van der Waals surface area contributed by atoms with E-state index < -0.39 is 0 Å². The van der Waals surface area contributed by atoms with Crippen LogP contribution in [0.15, 0.2) is 48.5 Å². The molecule has 0 aromatic heterocycles. The van der Waals surface area contributed by atoms with Crippen molar-refractivity contribution in [3.63, 3.8) is 0 Å². The first-order valence-electron chi connectivity index (χ1n) is 8.80. The molecule has 0 aliphatic carbocycles. The van der Waals surface area contributed by atoms with Crippen LogP contribution in [0.1, 0.15) is 67.8 Å². The van der Waals surface area contributed by atoms with Crippen molar-refractivity contribution in [2.45, 2.75) is 52.5 Å². The van der Waals surface area contributed by atoms with Gasteiger partial charge in [0.15, 0.2) is 0 Å². The molecule has 2 aromatic carbocycles. The van der Waals surface area contributed by atoms with Gasteiger partial charge in [-0.3, -0.25) is 9.59 Å². The van der Waals surface area contributed by atoms with E-state index in [1.165, 1.54) is 5.56 Å². The lowest BCUT2D eigenvalue weighted by molar-refractivity contribution is 0.0918. The molecule has 4 heteroatoms. The number of carbonyl (C=O) groups is 2. The second-order valence-electron chi connectivity index (χ2n) is 8.57. The molecule has 0 radical (unpaired) electrons. The number of carbonyl (C=O) groups excluding carboxylic acids is 2. The van der Waals surface area contributed by atoms with Crippen LogP contribution in [0.3, 0.4) is 0 Å². The molecule has 2 rings (SSSR count). The van der Waals surface area contributed by atoms with Crippen LogP contribution in [-0.4, -0.2) is 17.4 Å². The van der Waals surface area contributed by atoms with Crippen molar-refractivity contribution in [3.8, 4) is 0 Å². The van der Waals surface area contributed by atoms with Gasteiger partial charge < -0.3 is 10.6 Å². The molecule has 0 unspecified atom stereocenters. The van der Waals surface area contributed by atoms with Crippen LogP contribution in [0.25, 0.3) is 0 Å². The van der Waals surface area contributed by atoms with Crippen LogP contribution in [0.5, 0.6) is 0 Å². The summed E-state index contributed by atoms with van der Waals surface area (Å²) in [5, 5.41) is 5.77. The Labute approximate surface area is 156 Å². The fourth-order valence-corrected chi connectivity index (χ4v) is 2.48. The van der Waals surface area contributed by atoms with Crippen molar-refractivity contribution in [1.82, 2.24) is 5.32 Å². The summed E-state index contributed by atoms with van der Waals surface area (Å²) in [6.07, 6.45) is 0. The minimum Gasteiger partial charge on any atom is -0.347 e. The molecule has 0 saturated heterocycles. The lowest BCUT2D eigenvalue weighted by atomic mass is 9.87. The largest absolute Gasteiger partial charge is 0.347 e. The first-order valence-corrected chi connectivity index (χ1v) is 8.80. The summed E-state index contributed by atoms with van der Waals surface area (Å²) >= 11 is 0. The Morgan fingerprint density at radius 2 is 1.38 bits per heavy atom. The van der Waals surface area contributed by atoms with Crippen molar-refractivity contribution in [3.05, 3.63) is 65.2 Å². The van der Waals surface area contributed by atoms with Gasteiger partial charge in [0.1, 0.15) is 0 Å². The maximum atomic E-state index is 12.5. The SMILES string of the molecule is CC(C)(C)NC(=O)c1cccc(NC(=O)c2ccc(C(C)(C)C)cc2)c1. The van der Waals surface area contributed by atoms with E-state index in [9.17, 15) is 9.59 Å². The van der Waals surface area contributed by atoms with Crippen LogP contribution in [0.2, 0.25) is 0 Å². The normalized spacial score (nSPS) is 11.8. The molecular formula is C22H28N2O2. The Bertz CT molecular complexity index is 794. The molecule has 0 bridgehead atoms. The highest BCUT2D eigenvalue weighted by atomic mass is 16.2. The molecule has 0 spiro atoms. The van der Waals surface area contributed by atoms with Gasteiger partial charge in [0, 0.05) is 22.4 Å². The van der Waals surface area contributed by atoms with E-state index in [0.717, 1.165) is 0 Å². The van der Waals surface area contributed by atoms with Crippen LogP contribution >= 0.6 is 0 Å². The molecule has 0 aliphatic heterocycles. The maximum absolute atomic E-state index is 12.5. The number of hydrogen-bond donors (Lipinski definition) is 2. The van der Waals surface area contributed by atoms with Gasteiger partial charge in [-0.25, -0.2) is 0 Å². The summed E-state index contributed by atoms with van der Waals surface area (Å²) in [7, 11) is 0. The van der Waals surface area contributed by atoms with Crippen molar-refractivity contribution < 1.29 is 9.59 Å². The number of nitrogens with one attached hydrogen (secondary N) is 2. The number of rotatable bonds is 3. The summed E-state index contributed by atoms with van der Waals surface area (Å²) in [6, 6.07) is 14.5. The average molecular weight is 352 g/mol. The molecule has 0 fully saturated rings. The fraction of sp³-hybridized carbons (Fsp3) is 0.364. The van der Waals surface area contributed by atoms with Gasteiger partial charge in [-0.1, -0.05) is 39.0 Å². The van der Waals surface area contributed by atoms with E-state index in [4.69, 9.17) is 0 Å². The average Bonchev–Trinajstić information content (AvgIpc) is 2.53. The predicted molar refractivity (Wildman–Crippen MR) is 107 cm³/mol. The molecule has 26 heavy (non-hydrogen) atoms. The molecule has 138 valence electrons. The molecule has 0 atom stereocenters. The summed E-state index contributed by atoms with van der Waals surface area (Å²) < 4.78 is 0. The first kappa shape index (κ1) is 19.7. The summed E-state index contributed by atoms with van der Waals surface area (Å²) in [5.41, 5.74) is 2.60. The minimum atomic E-state index is -0.314. The molecule has 2 amide bonds. The van der Waals surface area contributed by atoms with Gasteiger partial charge in [-0.05, 0) is 62.1 Å². The van der Waals surface area contributed by atoms with Crippen molar-refractivity contribution in [2.24, 2.45) is 0 Å². The number of anilines is 1. The second kappa shape index (κ2) is 7.32. The van der Waals surface area contributed by atoms with Gasteiger partial charge in [-0.2, -0.15) is 0 Å². The summed E-state index contributed by atoms with van der Waals surface area (Å²) in [6.45, 7) is 12.2. The zero-order valence-corrected chi connectivity index (χ0v) is 16.4. The smallest absolute Gasteiger partial charge is 0.255 e. The molecule has 0 saturated carbocycles. The van der Waals surface area contributed by atoms with E-state index in [0.29, 0.717) is 16.8 Å².